The lowest BCUT2D eigenvalue weighted by atomic mass is 10.0. The van der Waals surface area contributed by atoms with Crippen LogP contribution in [0.3, 0.4) is 0 Å². The number of amides is 2. The Kier molecular flexibility index (Phi) is 12.2. The van der Waals surface area contributed by atoms with Gasteiger partial charge >= 0.3 is 0 Å². The number of benzene rings is 3. The number of carbonyl (C=O) groups excluding carboxylic acids is 2. The Morgan fingerprint density at radius 2 is 1.57 bits per heavy atom. The first-order valence-electron chi connectivity index (χ1n) is 14.3. The van der Waals surface area contributed by atoms with Crippen LogP contribution in [0, 0.1) is 19.8 Å². The van der Waals surface area contributed by atoms with Gasteiger partial charge in [-0.25, -0.2) is 8.42 Å². The Balaban J connectivity index is 1.89. The first-order chi connectivity index (χ1) is 19.9. The average molecular weight is 657 g/mol. The van der Waals surface area contributed by atoms with Crippen LogP contribution in [-0.2, 0) is 32.6 Å². The molecule has 1 atom stereocenters. The lowest BCUT2D eigenvalue weighted by molar-refractivity contribution is -0.141. The van der Waals surface area contributed by atoms with Gasteiger partial charge in [0.25, 0.3) is 0 Å². The van der Waals surface area contributed by atoms with Crippen LogP contribution in [0.25, 0.3) is 0 Å². The molecule has 0 unspecified atom stereocenters. The molecule has 0 aliphatic heterocycles. The largest absolute Gasteiger partial charge is 0.354 e. The van der Waals surface area contributed by atoms with E-state index in [9.17, 15) is 18.0 Å². The maximum absolute atomic E-state index is 13.9. The predicted molar refractivity (Wildman–Crippen MR) is 174 cm³/mol. The van der Waals surface area contributed by atoms with Gasteiger partial charge < -0.3 is 10.2 Å². The zero-order chi connectivity index (χ0) is 30.9. The highest BCUT2D eigenvalue weighted by atomic mass is 79.9. The van der Waals surface area contributed by atoms with Crippen LogP contribution in [0.4, 0.5) is 5.69 Å². The number of halogens is 1. The quantitative estimate of drug-likeness (QED) is 0.230. The highest BCUT2D eigenvalue weighted by Gasteiger charge is 2.30. The molecule has 0 bridgehead atoms. The van der Waals surface area contributed by atoms with E-state index in [-0.39, 0.29) is 37.2 Å². The van der Waals surface area contributed by atoms with Crippen molar-refractivity contribution in [3.63, 3.8) is 0 Å². The van der Waals surface area contributed by atoms with Gasteiger partial charge in [-0.2, -0.15) is 0 Å². The molecule has 0 saturated carbocycles. The van der Waals surface area contributed by atoms with Crippen LogP contribution >= 0.6 is 15.9 Å². The van der Waals surface area contributed by atoms with Crippen molar-refractivity contribution in [2.45, 2.75) is 59.5 Å². The molecule has 42 heavy (non-hydrogen) atoms. The molecule has 0 aromatic heterocycles. The Hall–Kier alpha value is -3.17. The van der Waals surface area contributed by atoms with E-state index in [1.165, 1.54) is 10.6 Å². The molecule has 0 heterocycles. The Labute approximate surface area is 259 Å². The van der Waals surface area contributed by atoms with Gasteiger partial charge in [0.05, 0.1) is 11.9 Å². The van der Waals surface area contributed by atoms with Gasteiger partial charge in [-0.1, -0.05) is 84.4 Å². The van der Waals surface area contributed by atoms with Crippen LogP contribution in [0.5, 0.6) is 0 Å². The van der Waals surface area contributed by atoms with Crippen LogP contribution in [-0.4, -0.2) is 50.5 Å². The Morgan fingerprint density at radius 1 is 0.905 bits per heavy atom. The van der Waals surface area contributed by atoms with E-state index in [0.29, 0.717) is 25.1 Å². The minimum Gasteiger partial charge on any atom is -0.354 e. The maximum atomic E-state index is 13.9. The van der Waals surface area contributed by atoms with Crippen LogP contribution in [0.15, 0.2) is 77.3 Å². The fourth-order valence-electron chi connectivity index (χ4n) is 4.75. The van der Waals surface area contributed by atoms with Gasteiger partial charge in [-0.05, 0) is 66.6 Å². The minimum absolute atomic E-state index is 0.0934. The normalized spacial score (nSPS) is 12.2. The molecular weight excluding hydrogens is 614 g/mol. The highest BCUT2D eigenvalue weighted by molar-refractivity contribution is 9.10. The number of sulfonamides is 1. The Bertz CT molecular complexity index is 1440. The standard InChI is InChI=1S/C33H42BrN3O4S/c1-24(2)22-35-33(39)31(21-27-12-7-6-8-13-27)36(23-28-16-18-29(34)19-17-28)32(38)15-10-20-37(42(5,40)41)30-14-9-11-25(3)26(30)4/h6-9,11-14,16-19,24,31H,10,15,20-23H2,1-5H3,(H,35,39)/t31-/m1/s1. The van der Waals surface area contributed by atoms with E-state index < -0.39 is 16.1 Å². The third-order valence-corrected chi connectivity index (χ3v) is 8.93. The molecule has 1 N–H and O–H groups in total. The number of hydrogen-bond donors (Lipinski definition) is 1. The van der Waals surface area contributed by atoms with Crippen molar-refractivity contribution in [1.29, 1.82) is 0 Å². The average Bonchev–Trinajstić information content (AvgIpc) is 2.94. The molecule has 0 saturated heterocycles. The van der Waals surface area contributed by atoms with E-state index in [4.69, 9.17) is 0 Å². The van der Waals surface area contributed by atoms with Gasteiger partial charge in [0, 0.05) is 36.9 Å². The van der Waals surface area contributed by atoms with Crippen molar-refractivity contribution < 1.29 is 18.0 Å². The molecule has 0 fully saturated rings. The van der Waals surface area contributed by atoms with Gasteiger partial charge in [0.1, 0.15) is 6.04 Å². The van der Waals surface area contributed by atoms with Gasteiger partial charge in [-0.3, -0.25) is 13.9 Å². The highest BCUT2D eigenvalue weighted by Crippen LogP contribution is 2.26. The zero-order valence-corrected chi connectivity index (χ0v) is 27.5. The first-order valence-corrected chi connectivity index (χ1v) is 16.9. The third kappa shape index (κ3) is 9.70. The van der Waals surface area contributed by atoms with E-state index >= 15 is 0 Å². The Morgan fingerprint density at radius 3 is 2.19 bits per heavy atom. The summed E-state index contributed by atoms with van der Waals surface area (Å²) in [6.45, 7) is 8.82. The predicted octanol–water partition coefficient (Wildman–Crippen LogP) is 6.02. The molecule has 3 aromatic rings. The molecule has 0 radical (unpaired) electrons. The summed E-state index contributed by atoms with van der Waals surface area (Å²) >= 11 is 3.47. The summed E-state index contributed by atoms with van der Waals surface area (Å²) in [6, 6.07) is 22.2. The number of hydrogen-bond acceptors (Lipinski definition) is 4. The second kappa shape index (κ2) is 15.3. The summed E-state index contributed by atoms with van der Waals surface area (Å²) in [5, 5.41) is 3.03. The summed E-state index contributed by atoms with van der Waals surface area (Å²) in [5.41, 5.74) is 4.35. The molecule has 226 valence electrons. The molecule has 2 amide bonds. The molecule has 0 aliphatic rings. The molecule has 3 rings (SSSR count). The van der Waals surface area contributed by atoms with Crippen molar-refractivity contribution in [2.75, 3.05) is 23.7 Å². The van der Waals surface area contributed by atoms with E-state index in [1.807, 2.05) is 94.4 Å². The second-order valence-corrected chi connectivity index (χ2v) is 14.0. The van der Waals surface area contributed by atoms with Crippen molar-refractivity contribution in [1.82, 2.24) is 10.2 Å². The fourth-order valence-corrected chi connectivity index (χ4v) is 6.03. The summed E-state index contributed by atoms with van der Waals surface area (Å²) in [6.07, 6.45) is 1.95. The summed E-state index contributed by atoms with van der Waals surface area (Å²) in [7, 11) is -3.57. The molecular formula is C33H42BrN3O4S. The number of nitrogens with one attached hydrogen (secondary N) is 1. The van der Waals surface area contributed by atoms with Gasteiger partial charge in [0.2, 0.25) is 21.8 Å². The van der Waals surface area contributed by atoms with Crippen LogP contribution in [0.2, 0.25) is 0 Å². The SMILES string of the molecule is Cc1cccc(N(CCCC(=O)N(Cc2ccc(Br)cc2)[C@H](Cc2ccccc2)C(=O)NCC(C)C)S(C)(=O)=O)c1C. The number of anilines is 1. The summed E-state index contributed by atoms with van der Waals surface area (Å²) in [5.74, 6) is -0.145. The van der Waals surface area contributed by atoms with E-state index in [0.717, 1.165) is 26.7 Å². The number of carbonyl (C=O) groups is 2. The molecule has 3 aromatic carbocycles. The molecule has 9 heteroatoms. The van der Waals surface area contributed by atoms with Crippen molar-refractivity contribution in [3.8, 4) is 0 Å². The maximum Gasteiger partial charge on any atom is 0.243 e. The van der Waals surface area contributed by atoms with Gasteiger partial charge in [0.15, 0.2) is 0 Å². The molecule has 0 spiro atoms. The monoisotopic (exact) mass is 655 g/mol. The smallest absolute Gasteiger partial charge is 0.243 e. The van der Waals surface area contributed by atoms with Crippen molar-refractivity contribution in [2.24, 2.45) is 5.92 Å². The molecule has 0 aliphatic carbocycles. The summed E-state index contributed by atoms with van der Waals surface area (Å²) in [4.78, 5) is 29.2. The number of nitrogens with zero attached hydrogens (tertiary/aromatic N) is 2. The van der Waals surface area contributed by atoms with Crippen LogP contribution in [0.1, 0.15) is 48.9 Å². The topological polar surface area (TPSA) is 86.8 Å². The van der Waals surface area contributed by atoms with E-state index in [2.05, 4.69) is 21.2 Å². The minimum atomic E-state index is -3.57. The van der Waals surface area contributed by atoms with Crippen molar-refractivity contribution in [3.05, 3.63) is 99.5 Å². The molecule has 7 nitrogen and oxygen atoms in total. The fraction of sp³-hybridized carbons (Fsp3) is 0.394. The lowest BCUT2D eigenvalue weighted by Crippen LogP contribution is -2.51. The lowest BCUT2D eigenvalue weighted by Gasteiger charge is -2.32. The van der Waals surface area contributed by atoms with Gasteiger partial charge in [-0.15, -0.1) is 0 Å². The summed E-state index contributed by atoms with van der Waals surface area (Å²) < 4.78 is 27.8. The van der Waals surface area contributed by atoms with Crippen LogP contribution < -0.4 is 9.62 Å². The second-order valence-electron chi connectivity index (χ2n) is 11.2. The zero-order valence-electron chi connectivity index (χ0n) is 25.1. The van der Waals surface area contributed by atoms with E-state index in [1.54, 1.807) is 11.0 Å². The third-order valence-electron chi connectivity index (χ3n) is 7.22. The number of aryl methyl sites for hydroxylation is 1. The first kappa shape index (κ1) is 33.3. The van der Waals surface area contributed by atoms with Crippen molar-refractivity contribution >= 4 is 43.5 Å². The number of rotatable bonds is 14.